The summed E-state index contributed by atoms with van der Waals surface area (Å²) in [5.41, 5.74) is 1.12. The zero-order valence-electron chi connectivity index (χ0n) is 13.2. The van der Waals surface area contributed by atoms with Crippen molar-refractivity contribution in [1.82, 2.24) is 5.32 Å². The largest absolute Gasteiger partial charge is 0.379 e. The Kier molecular flexibility index (Phi) is 7.17. The maximum absolute atomic E-state index is 12.9. The van der Waals surface area contributed by atoms with Gasteiger partial charge in [0.1, 0.15) is 5.82 Å². The van der Waals surface area contributed by atoms with E-state index in [1.54, 1.807) is 19.2 Å². The lowest BCUT2D eigenvalue weighted by molar-refractivity contribution is 0.0104. The number of halogens is 1. The number of benzene rings is 1. The predicted octanol–water partition coefficient (Wildman–Crippen LogP) is 3.80. The lowest BCUT2D eigenvalue weighted by Crippen LogP contribution is -2.28. The maximum atomic E-state index is 12.9. The summed E-state index contributed by atoms with van der Waals surface area (Å²) in [4.78, 5) is 0. The van der Waals surface area contributed by atoms with Gasteiger partial charge < -0.3 is 10.1 Å². The molecular weight excluding hydrogens is 253 g/mol. The van der Waals surface area contributed by atoms with Gasteiger partial charge in [-0.25, -0.2) is 4.39 Å². The fraction of sp³-hybridized carbons (Fsp3) is 0.647. The van der Waals surface area contributed by atoms with Crippen LogP contribution in [0.4, 0.5) is 4.39 Å². The van der Waals surface area contributed by atoms with Crippen molar-refractivity contribution in [3.8, 4) is 0 Å². The zero-order chi connectivity index (χ0) is 15.0. The highest BCUT2D eigenvalue weighted by atomic mass is 19.1. The first-order chi connectivity index (χ1) is 9.46. The minimum atomic E-state index is -0.169. The number of ether oxygens (including phenoxy) is 1. The highest BCUT2D eigenvalue weighted by Crippen LogP contribution is 2.21. The summed E-state index contributed by atoms with van der Waals surface area (Å²) >= 11 is 0. The van der Waals surface area contributed by atoms with E-state index in [0.717, 1.165) is 32.4 Å². The van der Waals surface area contributed by atoms with Crippen LogP contribution in [-0.4, -0.2) is 25.8 Å². The summed E-state index contributed by atoms with van der Waals surface area (Å²) in [6.45, 7) is 8.33. The van der Waals surface area contributed by atoms with E-state index in [1.165, 1.54) is 5.56 Å². The van der Waals surface area contributed by atoms with Gasteiger partial charge in [0.15, 0.2) is 0 Å². The monoisotopic (exact) mass is 281 g/mol. The molecule has 0 aliphatic heterocycles. The number of methoxy groups -OCH3 is 1. The van der Waals surface area contributed by atoms with Crippen LogP contribution in [0.2, 0.25) is 0 Å². The fourth-order valence-corrected chi connectivity index (χ4v) is 2.23. The molecule has 20 heavy (non-hydrogen) atoms. The molecule has 3 heteroatoms. The summed E-state index contributed by atoms with van der Waals surface area (Å²) in [7, 11) is 1.76. The third-order valence-electron chi connectivity index (χ3n) is 3.83. The van der Waals surface area contributed by atoms with Crippen molar-refractivity contribution < 1.29 is 9.13 Å². The number of nitrogens with one attached hydrogen (secondary N) is 1. The first-order valence-corrected chi connectivity index (χ1v) is 7.47. The molecule has 1 N–H and O–H groups in total. The molecule has 1 unspecified atom stereocenters. The van der Waals surface area contributed by atoms with Crippen LogP contribution in [0.5, 0.6) is 0 Å². The van der Waals surface area contributed by atoms with Crippen LogP contribution < -0.4 is 5.32 Å². The second-order valence-corrected chi connectivity index (χ2v) is 6.01. The molecule has 0 radical (unpaired) electrons. The van der Waals surface area contributed by atoms with Gasteiger partial charge in [0, 0.05) is 7.11 Å². The molecule has 0 heterocycles. The summed E-state index contributed by atoms with van der Waals surface area (Å²) < 4.78 is 18.4. The van der Waals surface area contributed by atoms with E-state index in [9.17, 15) is 4.39 Å². The van der Waals surface area contributed by atoms with E-state index in [-0.39, 0.29) is 11.4 Å². The Morgan fingerprint density at radius 3 is 2.45 bits per heavy atom. The van der Waals surface area contributed by atoms with E-state index in [4.69, 9.17) is 4.74 Å². The second-order valence-electron chi connectivity index (χ2n) is 6.01. The molecule has 0 bridgehead atoms. The molecular formula is C17H28FNO. The quantitative estimate of drug-likeness (QED) is 0.743. The topological polar surface area (TPSA) is 21.3 Å². The molecule has 1 atom stereocenters. The summed E-state index contributed by atoms with van der Waals surface area (Å²) in [6.07, 6.45) is 3.11. The minimum absolute atomic E-state index is 0.0761. The average molecular weight is 281 g/mol. The lowest BCUT2D eigenvalue weighted by atomic mass is 9.90. The van der Waals surface area contributed by atoms with Crippen molar-refractivity contribution in [2.45, 2.75) is 45.6 Å². The van der Waals surface area contributed by atoms with Crippen molar-refractivity contribution in [1.29, 1.82) is 0 Å². The molecule has 114 valence electrons. The summed E-state index contributed by atoms with van der Waals surface area (Å²) in [6, 6.07) is 6.85. The first-order valence-electron chi connectivity index (χ1n) is 7.47. The second kappa shape index (κ2) is 8.38. The van der Waals surface area contributed by atoms with Crippen LogP contribution in [0, 0.1) is 11.7 Å². The van der Waals surface area contributed by atoms with Gasteiger partial charge in [-0.15, -0.1) is 0 Å². The number of hydrogen-bond donors (Lipinski definition) is 1. The van der Waals surface area contributed by atoms with Crippen LogP contribution in [0.25, 0.3) is 0 Å². The Labute approximate surface area is 122 Å². The van der Waals surface area contributed by atoms with Gasteiger partial charge in [0.05, 0.1) is 5.60 Å². The highest BCUT2D eigenvalue weighted by molar-refractivity contribution is 5.16. The molecule has 0 spiro atoms. The van der Waals surface area contributed by atoms with Gasteiger partial charge in [0.25, 0.3) is 0 Å². The van der Waals surface area contributed by atoms with Crippen molar-refractivity contribution >= 4 is 0 Å². The molecule has 0 amide bonds. The van der Waals surface area contributed by atoms with Gasteiger partial charge in [0.2, 0.25) is 0 Å². The van der Waals surface area contributed by atoms with Gasteiger partial charge in [-0.3, -0.25) is 0 Å². The Morgan fingerprint density at radius 2 is 1.90 bits per heavy atom. The van der Waals surface area contributed by atoms with Crippen LogP contribution in [0.1, 0.15) is 39.2 Å². The number of rotatable bonds is 9. The average Bonchev–Trinajstić information content (AvgIpc) is 2.44. The maximum Gasteiger partial charge on any atom is 0.123 e. The Hall–Kier alpha value is -0.930. The van der Waals surface area contributed by atoms with Crippen molar-refractivity contribution in [3.05, 3.63) is 35.6 Å². The fourth-order valence-electron chi connectivity index (χ4n) is 2.23. The molecule has 0 saturated heterocycles. The zero-order valence-corrected chi connectivity index (χ0v) is 13.2. The molecule has 0 aliphatic rings. The van der Waals surface area contributed by atoms with Crippen LogP contribution in [0.15, 0.2) is 24.3 Å². The molecule has 0 aliphatic carbocycles. The normalized spacial score (nSPS) is 13.4. The Bertz CT molecular complexity index is 375. The standard InChI is InChI=1S/C17H28FNO/c1-5-19-13-15(10-11-17(2,3)20-4)12-14-6-8-16(18)9-7-14/h6-9,15,19H,5,10-13H2,1-4H3. The lowest BCUT2D eigenvalue weighted by Gasteiger charge is -2.26. The van der Waals surface area contributed by atoms with E-state index in [0.29, 0.717) is 5.92 Å². The van der Waals surface area contributed by atoms with E-state index in [1.807, 2.05) is 12.1 Å². The molecule has 0 fully saturated rings. The van der Waals surface area contributed by atoms with Crippen molar-refractivity contribution in [2.75, 3.05) is 20.2 Å². The predicted molar refractivity (Wildman–Crippen MR) is 82.5 cm³/mol. The molecule has 1 aromatic rings. The SMILES string of the molecule is CCNCC(CCC(C)(C)OC)Cc1ccc(F)cc1. The van der Waals surface area contributed by atoms with Crippen LogP contribution >= 0.6 is 0 Å². The van der Waals surface area contributed by atoms with Gasteiger partial charge in [-0.05, 0) is 69.8 Å². The third-order valence-corrected chi connectivity index (χ3v) is 3.83. The van der Waals surface area contributed by atoms with Gasteiger partial charge in [-0.2, -0.15) is 0 Å². The molecule has 0 saturated carbocycles. The molecule has 1 rings (SSSR count). The molecule has 0 aromatic heterocycles. The first kappa shape index (κ1) is 17.1. The minimum Gasteiger partial charge on any atom is -0.379 e. The smallest absolute Gasteiger partial charge is 0.123 e. The van der Waals surface area contributed by atoms with Gasteiger partial charge >= 0.3 is 0 Å². The molecule has 1 aromatic carbocycles. The van der Waals surface area contributed by atoms with Gasteiger partial charge in [-0.1, -0.05) is 19.1 Å². The highest BCUT2D eigenvalue weighted by Gasteiger charge is 2.19. The third kappa shape index (κ3) is 6.49. The van der Waals surface area contributed by atoms with E-state index >= 15 is 0 Å². The molecule has 2 nitrogen and oxygen atoms in total. The van der Waals surface area contributed by atoms with Crippen LogP contribution in [0.3, 0.4) is 0 Å². The summed E-state index contributed by atoms with van der Waals surface area (Å²) in [5.74, 6) is 0.382. The van der Waals surface area contributed by atoms with Crippen molar-refractivity contribution in [3.63, 3.8) is 0 Å². The number of hydrogen-bond acceptors (Lipinski definition) is 2. The van der Waals surface area contributed by atoms with Crippen molar-refractivity contribution in [2.24, 2.45) is 5.92 Å². The Morgan fingerprint density at radius 1 is 1.25 bits per heavy atom. The van der Waals surface area contributed by atoms with E-state index in [2.05, 4.69) is 26.1 Å². The Balaban J connectivity index is 2.57. The van der Waals surface area contributed by atoms with Crippen LogP contribution in [-0.2, 0) is 11.2 Å². The van der Waals surface area contributed by atoms with E-state index < -0.39 is 0 Å². The summed E-state index contributed by atoms with van der Waals surface area (Å²) in [5, 5.41) is 3.42.